The molecule has 0 atom stereocenters. The van der Waals surface area contributed by atoms with E-state index in [2.05, 4.69) is 14.6 Å². The van der Waals surface area contributed by atoms with Gasteiger partial charge in [-0.2, -0.15) is 0 Å². The molecule has 9 heteroatoms. The van der Waals surface area contributed by atoms with Crippen molar-refractivity contribution in [3.63, 3.8) is 0 Å². The fourth-order valence-electron chi connectivity index (χ4n) is 3.97. The monoisotopic (exact) mass is 396 g/mol. The molecule has 9 nitrogen and oxygen atoms in total. The van der Waals surface area contributed by atoms with Crippen LogP contribution in [0.25, 0.3) is 11.0 Å². The molecule has 0 saturated carbocycles. The average molecular weight is 396 g/mol. The van der Waals surface area contributed by atoms with E-state index in [0.717, 1.165) is 29.6 Å². The minimum absolute atomic E-state index is 0.0630. The number of hydrogen-bond acceptors (Lipinski definition) is 6. The highest BCUT2D eigenvalue weighted by Gasteiger charge is 2.26. The quantitative estimate of drug-likeness (QED) is 0.412. The molecule has 4 rings (SSSR count). The van der Waals surface area contributed by atoms with Crippen molar-refractivity contribution in [2.24, 2.45) is 0 Å². The Labute approximate surface area is 165 Å². The zero-order valence-corrected chi connectivity index (χ0v) is 15.8. The van der Waals surface area contributed by atoms with E-state index >= 15 is 0 Å². The average Bonchev–Trinajstić information content (AvgIpc) is 3.08. The maximum Gasteiger partial charge on any atom is 0.344 e. The minimum atomic E-state index is -0.737. The van der Waals surface area contributed by atoms with Crippen molar-refractivity contribution in [3.8, 4) is 0 Å². The van der Waals surface area contributed by atoms with Crippen LogP contribution in [0.4, 0.5) is 11.4 Å². The van der Waals surface area contributed by atoms with E-state index < -0.39 is 10.9 Å². The SMILES string of the molecule is COC(=O)c1cc(N2CCC(n3c(=O)[nH]c4ccccc43)CC2)ccc1[N+](=O)[O-]. The molecule has 0 radical (unpaired) electrons. The van der Waals surface area contributed by atoms with Gasteiger partial charge in [-0.05, 0) is 37.1 Å². The number of anilines is 1. The summed E-state index contributed by atoms with van der Waals surface area (Å²) in [6, 6.07) is 12.1. The van der Waals surface area contributed by atoms with Gasteiger partial charge in [-0.25, -0.2) is 9.59 Å². The lowest BCUT2D eigenvalue weighted by Crippen LogP contribution is -2.37. The van der Waals surface area contributed by atoms with Crippen molar-refractivity contribution in [1.29, 1.82) is 0 Å². The number of fused-ring (bicyclic) bond motifs is 1. The molecule has 0 bridgehead atoms. The molecule has 29 heavy (non-hydrogen) atoms. The van der Waals surface area contributed by atoms with E-state index in [9.17, 15) is 19.7 Å². The Morgan fingerprint density at radius 1 is 1.21 bits per heavy atom. The highest BCUT2D eigenvalue weighted by molar-refractivity contribution is 5.95. The number of hydrogen-bond donors (Lipinski definition) is 1. The number of benzene rings is 2. The van der Waals surface area contributed by atoms with E-state index in [1.165, 1.54) is 19.2 Å². The normalized spacial score (nSPS) is 14.9. The maximum atomic E-state index is 12.4. The Kier molecular flexibility index (Phi) is 4.79. The highest BCUT2D eigenvalue weighted by atomic mass is 16.6. The molecule has 0 aliphatic carbocycles. The van der Waals surface area contributed by atoms with Gasteiger partial charge in [-0.15, -0.1) is 0 Å². The first-order chi connectivity index (χ1) is 14.0. The summed E-state index contributed by atoms with van der Waals surface area (Å²) >= 11 is 0. The lowest BCUT2D eigenvalue weighted by atomic mass is 10.0. The van der Waals surface area contributed by atoms with Crippen LogP contribution < -0.4 is 10.6 Å². The van der Waals surface area contributed by atoms with Crippen molar-refractivity contribution >= 4 is 28.4 Å². The molecule has 2 aromatic carbocycles. The van der Waals surface area contributed by atoms with Gasteiger partial charge in [-0.1, -0.05) is 12.1 Å². The van der Waals surface area contributed by atoms with Crippen molar-refractivity contribution < 1.29 is 14.5 Å². The van der Waals surface area contributed by atoms with Gasteiger partial charge in [0.2, 0.25) is 0 Å². The lowest BCUT2D eigenvalue weighted by molar-refractivity contribution is -0.385. The number of nitro groups is 1. The molecular formula is C20H20N4O5. The minimum Gasteiger partial charge on any atom is -0.465 e. The van der Waals surface area contributed by atoms with Crippen molar-refractivity contribution in [2.75, 3.05) is 25.1 Å². The first kappa shape index (κ1) is 18.7. The Morgan fingerprint density at radius 3 is 2.62 bits per heavy atom. The molecule has 0 spiro atoms. The Bertz CT molecular complexity index is 1140. The Hall–Kier alpha value is -3.62. The van der Waals surface area contributed by atoms with Crippen LogP contribution in [-0.4, -0.2) is 40.6 Å². The fourth-order valence-corrected chi connectivity index (χ4v) is 3.97. The lowest BCUT2D eigenvalue weighted by Gasteiger charge is -2.34. The molecule has 150 valence electrons. The third kappa shape index (κ3) is 3.35. The molecule has 0 unspecified atom stereocenters. The summed E-state index contributed by atoms with van der Waals surface area (Å²) < 4.78 is 6.49. The van der Waals surface area contributed by atoms with Gasteiger partial charge in [0, 0.05) is 30.9 Å². The number of nitro benzene ring substituents is 1. The molecule has 0 amide bonds. The third-order valence-corrected chi connectivity index (χ3v) is 5.40. The van der Waals surface area contributed by atoms with Crippen LogP contribution in [0.1, 0.15) is 29.2 Å². The molecule has 3 aromatic rings. The molecule has 1 fully saturated rings. The number of esters is 1. The van der Waals surface area contributed by atoms with E-state index in [0.29, 0.717) is 13.1 Å². The van der Waals surface area contributed by atoms with Gasteiger partial charge < -0.3 is 14.6 Å². The summed E-state index contributed by atoms with van der Waals surface area (Å²) in [6.07, 6.45) is 1.48. The second-order valence-electron chi connectivity index (χ2n) is 6.99. The smallest absolute Gasteiger partial charge is 0.344 e. The van der Waals surface area contributed by atoms with Crippen molar-refractivity contribution in [3.05, 3.63) is 68.6 Å². The number of rotatable bonds is 4. The number of methoxy groups -OCH3 is 1. The van der Waals surface area contributed by atoms with Gasteiger partial charge in [0.05, 0.1) is 23.1 Å². The number of carbonyl (C=O) groups is 1. The summed E-state index contributed by atoms with van der Waals surface area (Å²) in [5, 5.41) is 11.2. The molecule has 1 aliphatic heterocycles. The number of imidazole rings is 1. The zero-order valence-electron chi connectivity index (χ0n) is 15.8. The number of para-hydroxylation sites is 2. The predicted molar refractivity (Wildman–Crippen MR) is 107 cm³/mol. The second kappa shape index (κ2) is 7.42. The van der Waals surface area contributed by atoms with E-state index in [1.807, 2.05) is 28.8 Å². The molecule has 1 aromatic heterocycles. The highest BCUT2D eigenvalue weighted by Crippen LogP contribution is 2.31. The van der Waals surface area contributed by atoms with Gasteiger partial charge in [0.1, 0.15) is 5.56 Å². The number of nitrogens with zero attached hydrogens (tertiary/aromatic N) is 3. The number of ether oxygens (including phenoxy) is 1. The van der Waals surface area contributed by atoms with Gasteiger partial charge in [0.15, 0.2) is 0 Å². The summed E-state index contributed by atoms with van der Waals surface area (Å²) in [4.78, 5) is 39.9. The van der Waals surface area contributed by atoms with Crippen LogP contribution in [0.15, 0.2) is 47.3 Å². The topological polar surface area (TPSA) is 110 Å². The maximum absolute atomic E-state index is 12.4. The fraction of sp³-hybridized carbons (Fsp3) is 0.300. The first-order valence-electron chi connectivity index (χ1n) is 9.30. The van der Waals surface area contributed by atoms with Gasteiger partial charge in [-0.3, -0.25) is 14.7 Å². The van der Waals surface area contributed by atoms with Crippen LogP contribution >= 0.6 is 0 Å². The second-order valence-corrected chi connectivity index (χ2v) is 6.99. The Morgan fingerprint density at radius 2 is 1.93 bits per heavy atom. The standard InChI is InChI=1S/C20H20N4O5/c1-29-19(25)15-12-14(6-7-17(15)24(27)28)22-10-8-13(9-11-22)23-18-5-3-2-4-16(18)21-20(23)26/h2-7,12-13H,8-11H2,1H3,(H,21,26). The van der Waals surface area contributed by atoms with Crippen molar-refractivity contribution in [1.82, 2.24) is 9.55 Å². The number of nitrogens with one attached hydrogen (secondary N) is 1. The van der Waals surface area contributed by atoms with Gasteiger partial charge in [0.25, 0.3) is 5.69 Å². The summed E-state index contributed by atoms with van der Waals surface area (Å²) in [7, 11) is 1.20. The van der Waals surface area contributed by atoms with E-state index in [4.69, 9.17) is 0 Å². The molecule has 1 aliphatic rings. The summed E-state index contributed by atoms with van der Waals surface area (Å²) in [5.74, 6) is -0.737. The first-order valence-corrected chi connectivity index (χ1v) is 9.30. The summed E-state index contributed by atoms with van der Waals surface area (Å²) in [6.45, 7) is 1.32. The number of aromatic nitrogens is 2. The van der Waals surface area contributed by atoms with Crippen LogP contribution in [0.2, 0.25) is 0 Å². The molecular weight excluding hydrogens is 376 g/mol. The van der Waals surface area contributed by atoms with E-state index in [-0.39, 0.29) is 23.0 Å². The molecule has 1 N–H and O–H groups in total. The number of piperidine rings is 1. The predicted octanol–water partition coefficient (Wildman–Crippen LogP) is 2.87. The number of aromatic amines is 1. The van der Waals surface area contributed by atoms with E-state index in [1.54, 1.807) is 6.07 Å². The van der Waals surface area contributed by atoms with Crippen LogP contribution in [0.3, 0.4) is 0 Å². The summed E-state index contributed by atoms with van der Waals surface area (Å²) in [5.41, 5.74) is 1.97. The zero-order chi connectivity index (χ0) is 20.5. The molecule has 2 heterocycles. The number of carbonyl (C=O) groups excluding carboxylic acids is 1. The number of H-pyrrole nitrogens is 1. The molecule has 1 saturated heterocycles. The van der Waals surface area contributed by atoms with Crippen LogP contribution in [-0.2, 0) is 4.74 Å². The largest absolute Gasteiger partial charge is 0.465 e. The van der Waals surface area contributed by atoms with Crippen molar-refractivity contribution in [2.45, 2.75) is 18.9 Å². The Balaban J connectivity index is 1.57. The third-order valence-electron chi connectivity index (χ3n) is 5.40. The van der Waals surface area contributed by atoms with Gasteiger partial charge >= 0.3 is 11.7 Å². The van der Waals surface area contributed by atoms with Crippen LogP contribution in [0, 0.1) is 10.1 Å². The van der Waals surface area contributed by atoms with Crippen LogP contribution in [0.5, 0.6) is 0 Å².